The molecule has 4 rings (SSSR count). The van der Waals surface area contributed by atoms with Crippen LogP contribution in [0.3, 0.4) is 0 Å². The van der Waals surface area contributed by atoms with Gasteiger partial charge in [0.1, 0.15) is 0 Å². The number of fused-ring (bicyclic) bond motifs is 2. The molecule has 0 aliphatic carbocycles. The Bertz CT molecular complexity index is 842. The summed E-state index contributed by atoms with van der Waals surface area (Å²) in [6.07, 6.45) is 0.871. The zero-order valence-corrected chi connectivity index (χ0v) is 11.6. The number of hydrogen-bond acceptors (Lipinski definition) is 0. The summed E-state index contributed by atoms with van der Waals surface area (Å²) in [5, 5.41) is 4.83. The van der Waals surface area contributed by atoms with Crippen LogP contribution in [0, 0.1) is 12.1 Å². The third kappa shape index (κ3) is 2.41. The van der Waals surface area contributed by atoms with Crippen molar-refractivity contribution >= 4 is 21.5 Å². The predicted molar refractivity (Wildman–Crippen MR) is 88.4 cm³/mol. The first-order chi connectivity index (χ1) is 10.4. The third-order valence-corrected chi connectivity index (χ3v) is 3.82. The Morgan fingerprint density at radius 1 is 0.524 bits per heavy atom. The maximum Gasteiger partial charge on any atom is -0.00130 e. The van der Waals surface area contributed by atoms with Crippen molar-refractivity contribution < 1.29 is 0 Å². The second-order valence-corrected chi connectivity index (χ2v) is 5.32. The molecule has 2 radical (unpaired) electrons. The lowest BCUT2D eigenvalue weighted by Crippen LogP contribution is -1.89. The van der Waals surface area contributed by atoms with Crippen molar-refractivity contribution in [2.24, 2.45) is 0 Å². The van der Waals surface area contributed by atoms with Crippen LogP contribution >= 0.6 is 0 Å². The van der Waals surface area contributed by atoms with Crippen LogP contribution in [0.25, 0.3) is 21.5 Å². The third-order valence-electron chi connectivity index (χ3n) is 3.82. The molecule has 0 heterocycles. The summed E-state index contributed by atoms with van der Waals surface area (Å²) in [6.45, 7) is 0. The maximum atomic E-state index is 3.50. The summed E-state index contributed by atoms with van der Waals surface area (Å²) >= 11 is 0. The molecule has 0 amide bonds. The van der Waals surface area contributed by atoms with Crippen LogP contribution in [-0.2, 0) is 6.42 Å². The SMILES string of the molecule is [c]1c(Cc2[c]c3ccccc3cc2)ccc2ccccc12. The molecule has 0 unspecified atom stereocenters. The van der Waals surface area contributed by atoms with Gasteiger partial charge >= 0.3 is 0 Å². The average Bonchev–Trinajstić information content (AvgIpc) is 2.55. The van der Waals surface area contributed by atoms with E-state index in [0.717, 1.165) is 6.42 Å². The lowest BCUT2D eigenvalue weighted by Gasteiger charge is -2.05. The molecule has 0 aliphatic heterocycles. The molecule has 0 aromatic heterocycles. The standard InChI is InChI=1S/C21H14/c1-3-7-20-14-16(9-11-18(20)5-1)13-17-10-12-19-6-2-4-8-21(19)15-17/h1-12H,13H2. The van der Waals surface area contributed by atoms with Gasteiger partial charge in [-0.1, -0.05) is 72.8 Å². The lowest BCUT2D eigenvalue weighted by atomic mass is 9.99. The predicted octanol–water partition coefficient (Wildman–Crippen LogP) is 5.18. The summed E-state index contributed by atoms with van der Waals surface area (Å²) in [4.78, 5) is 0. The fourth-order valence-corrected chi connectivity index (χ4v) is 2.73. The smallest absolute Gasteiger partial charge is 0.00130 e. The Kier molecular flexibility index (Phi) is 2.93. The van der Waals surface area contributed by atoms with Crippen molar-refractivity contribution in [3.63, 3.8) is 0 Å². The Balaban J connectivity index is 1.71. The highest BCUT2D eigenvalue weighted by molar-refractivity contribution is 5.83. The average molecular weight is 266 g/mol. The van der Waals surface area contributed by atoms with Crippen molar-refractivity contribution in [3.05, 3.63) is 96.1 Å². The molecule has 0 aliphatic rings. The monoisotopic (exact) mass is 266 g/mol. The van der Waals surface area contributed by atoms with Crippen molar-refractivity contribution in [2.45, 2.75) is 6.42 Å². The van der Waals surface area contributed by atoms with E-state index in [1.807, 2.05) is 0 Å². The van der Waals surface area contributed by atoms with E-state index < -0.39 is 0 Å². The minimum Gasteiger partial charge on any atom is -0.0616 e. The molecule has 0 atom stereocenters. The van der Waals surface area contributed by atoms with Gasteiger partial charge in [-0.3, -0.25) is 0 Å². The first kappa shape index (κ1) is 12.2. The molecule has 4 aromatic rings. The van der Waals surface area contributed by atoms with Crippen LogP contribution in [0.1, 0.15) is 11.1 Å². The highest BCUT2D eigenvalue weighted by atomic mass is 14.0. The van der Waals surface area contributed by atoms with Crippen LogP contribution < -0.4 is 0 Å². The van der Waals surface area contributed by atoms with Gasteiger partial charge in [0.05, 0.1) is 0 Å². The van der Waals surface area contributed by atoms with Gasteiger partial charge < -0.3 is 0 Å². The molecule has 0 saturated carbocycles. The first-order valence-corrected chi connectivity index (χ1v) is 7.18. The number of rotatable bonds is 2. The highest BCUT2D eigenvalue weighted by Gasteiger charge is 2.01. The van der Waals surface area contributed by atoms with Crippen LogP contribution in [0.15, 0.2) is 72.8 Å². The van der Waals surface area contributed by atoms with E-state index in [1.54, 1.807) is 0 Å². The van der Waals surface area contributed by atoms with Gasteiger partial charge in [0.25, 0.3) is 0 Å². The molecular weight excluding hydrogens is 252 g/mol. The minimum absolute atomic E-state index is 0.871. The molecule has 98 valence electrons. The number of benzene rings is 4. The van der Waals surface area contributed by atoms with E-state index in [-0.39, 0.29) is 0 Å². The molecule has 4 aromatic carbocycles. The molecule has 0 heteroatoms. The molecule has 0 nitrogen and oxygen atoms in total. The Hall–Kier alpha value is -2.60. The van der Waals surface area contributed by atoms with Crippen LogP contribution in [0.4, 0.5) is 0 Å². The van der Waals surface area contributed by atoms with E-state index in [2.05, 4.69) is 84.9 Å². The van der Waals surface area contributed by atoms with E-state index in [1.165, 1.54) is 32.7 Å². The van der Waals surface area contributed by atoms with Gasteiger partial charge in [-0.2, -0.15) is 0 Å². The summed E-state index contributed by atoms with van der Waals surface area (Å²) in [7, 11) is 0. The summed E-state index contributed by atoms with van der Waals surface area (Å²) in [6, 6.07) is 32.4. The van der Waals surface area contributed by atoms with Crippen LogP contribution in [0.2, 0.25) is 0 Å². The lowest BCUT2D eigenvalue weighted by molar-refractivity contribution is 1.20. The van der Waals surface area contributed by atoms with Gasteiger partial charge in [-0.15, -0.1) is 0 Å². The second-order valence-electron chi connectivity index (χ2n) is 5.32. The van der Waals surface area contributed by atoms with Gasteiger partial charge in [0.2, 0.25) is 0 Å². The van der Waals surface area contributed by atoms with Crippen molar-refractivity contribution in [3.8, 4) is 0 Å². The topological polar surface area (TPSA) is 0 Å². The van der Waals surface area contributed by atoms with E-state index in [9.17, 15) is 0 Å². The Labute approximate surface area is 124 Å². The zero-order valence-electron chi connectivity index (χ0n) is 11.6. The summed E-state index contributed by atoms with van der Waals surface area (Å²) in [5.41, 5.74) is 2.42. The Morgan fingerprint density at radius 2 is 1.00 bits per heavy atom. The van der Waals surface area contributed by atoms with Gasteiger partial charge in [-0.05, 0) is 51.2 Å². The second kappa shape index (κ2) is 5.06. The van der Waals surface area contributed by atoms with Crippen molar-refractivity contribution in [1.29, 1.82) is 0 Å². The molecular formula is C21H14. The minimum atomic E-state index is 0.871. The Morgan fingerprint density at radius 3 is 1.52 bits per heavy atom. The van der Waals surface area contributed by atoms with E-state index in [0.29, 0.717) is 0 Å². The zero-order chi connectivity index (χ0) is 14.1. The van der Waals surface area contributed by atoms with Gasteiger partial charge in [0, 0.05) is 0 Å². The largest absolute Gasteiger partial charge is 0.0616 e. The molecule has 0 bridgehead atoms. The molecule has 0 spiro atoms. The normalized spacial score (nSPS) is 11.0. The fraction of sp³-hybridized carbons (Fsp3) is 0.0476. The summed E-state index contributed by atoms with van der Waals surface area (Å²) < 4.78 is 0. The van der Waals surface area contributed by atoms with Crippen LogP contribution in [-0.4, -0.2) is 0 Å². The van der Waals surface area contributed by atoms with E-state index >= 15 is 0 Å². The fourth-order valence-electron chi connectivity index (χ4n) is 2.73. The highest BCUT2D eigenvalue weighted by Crippen LogP contribution is 2.20. The molecule has 0 N–H and O–H groups in total. The van der Waals surface area contributed by atoms with Crippen molar-refractivity contribution in [2.75, 3.05) is 0 Å². The maximum absolute atomic E-state index is 3.50. The van der Waals surface area contributed by atoms with Crippen molar-refractivity contribution in [1.82, 2.24) is 0 Å². The quantitative estimate of drug-likeness (QED) is 0.468. The summed E-state index contributed by atoms with van der Waals surface area (Å²) in [5.74, 6) is 0. The van der Waals surface area contributed by atoms with Gasteiger partial charge in [-0.25, -0.2) is 0 Å². The number of hydrogen-bond donors (Lipinski definition) is 0. The van der Waals surface area contributed by atoms with Crippen LogP contribution in [0.5, 0.6) is 0 Å². The molecule has 0 fully saturated rings. The van der Waals surface area contributed by atoms with E-state index in [4.69, 9.17) is 0 Å². The first-order valence-electron chi connectivity index (χ1n) is 7.18. The van der Waals surface area contributed by atoms with Gasteiger partial charge in [0.15, 0.2) is 0 Å². The molecule has 0 saturated heterocycles. The molecule has 21 heavy (non-hydrogen) atoms.